The molecule has 0 saturated carbocycles. The van der Waals surface area contributed by atoms with Crippen molar-refractivity contribution in [3.8, 4) is 0 Å². The zero-order valence-corrected chi connectivity index (χ0v) is 7.97. The number of carbonyl (C=O) groups is 1. The number of aromatic amines is 2. The molecular weight excluding hydrogens is 194 g/mol. The van der Waals surface area contributed by atoms with Crippen molar-refractivity contribution in [3.05, 3.63) is 36.5 Å². The van der Waals surface area contributed by atoms with E-state index in [-0.39, 0.29) is 6.54 Å². The molecule has 0 fully saturated rings. The molecule has 1 aromatic carbocycles. The summed E-state index contributed by atoms with van der Waals surface area (Å²) in [7, 11) is 0. The van der Waals surface area contributed by atoms with E-state index >= 15 is 0 Å². The van der Waals surface area contributed by atoms with Gasteiger partial charge in [0.15, 0.2) is 0 Å². The number of rotatable bonds is 2. The first-order valence-corrected chi connectivity index (χ1v) is 4.53. The van der Waals surface area contributed by atoms with Gasteiger partial charge in [0, 0.05) is 11.6 Å². The van der Waals surface area contributed by atoms with E-state index in [2.05, 4.69) is 10.3 Å². The van der Waals surface area contributed by atoms with E-state index in [0.29, 0.717) is 0 Å². The van der Waals surface area contributed by atoms with Crippen LogP contribution < -0.4 is 0 Å². The maximum atomic E-state index is 10.7. The van der Waals surface area contributed by atoms with Crippen LogP contribution in [0.1, 0.15) is 0 Å². The molecule has 0 unspecified atom stereocenters. The minimum absolute atomic E-state index is 0.105. The molecule has 0 aliphatic heterocycles. The van der Waals surface area contributed by atoms with Gasteiger partial charge in [0.1, 0.15) is 6.54 Å². The van der Waals surface area contributed by atoms with Crippen molar-refractivity contribution >= 4 is 16.9 Å². The molecular formula is C10H11N3O2. The summed E-state index contributed by atoms with van der Waals surface area (Å²) in [6.07, 6.45) is 1.72. The number of hydrogen-bond acceptors (Lipinski definition) is 1. The first-order valence-electron chi connectivity index (χ1n) is 4.53. The lowest BCUT2D eigenvalue weighted by atomic mass is 10.2. The lowest BCUT2D eigenvalue weighted by molar-refractivity contribution is -0.137. The van der Waals surface area contributed by atoms with E-state index in [9.17, 15) is 4.79 Å². The predicted molar refractivity (Wildman–Crippen MR) is 55.9 cm³/mol. The minimum atomic E-state index is -0.888. The number of nitrogens with zero attached hydrogens (tertiary/aromatic N) is 1. The fourth-order valence-electron chi connectivity index (χ4n) is 1.44. The molecule has 0 aliphatic rings. The van der Waals surface area contributed by atoms with E-state index in [1.807, 2.05) is 30.3 Å². The number of aromatic nitrogens is 3. The van der Waals surface area contributed by atoms with Crippen LogP contribution in [0.2, 0.25) is 0 Å². The molecule has 0 amide bonds. The van der Waals surface area contributed by atoms with E-state index < -0.39 is 5.97 Å². The number of carboxylic acid groups (broad SMARTS) is 1. The normalized spacial score (nSPS) is 10.1. The second-order valence-corrected chi connectivity index (χ2v) is 3.13. The number of benzene rings is 1. The van der Waals surface area contributed by atoms with E-state index in [4.69, 9.17) is 5.11 Å². The molecule has 1 aromatic heterocycles. The highest BCUT2D eigenvalue weighted by Gasteiger charge is 2.00. The Morgan fingerprint density at radius 3 is 2.93 bits per heavy atom. The highest BCUT2D eigenvalue weighted by atomic mass is 16.4. The number of aliphatic carboxylic acids is 1. The van der Waals surface area contributed by atoms with Gasteiger partial charge in [-0.15, -0.1) is 0 Å². The summed E-state index contributed by atoms with van der Waals surface area (Å²) >= 11 is 0. The molecule has 5 nitrogen and oxygen atoms in total. The Hall–Kier alpha value is -2.17. The number of nitrogens with one attached hydrogen (secondary N) is 2. The number of para-hydroxylation sites is 1. The average Bonchev–Trinajstić information content (AvgIpc) is 2.41. The molecule has 5 heteroatoms. The van der Waals surface area contributed by atoms with Crippen LogP contribution >= 0.6 is 0 Å². The average molecular weight is 205 g/mol. The van der Waals surface area contributed by atoms with Crippen LogP contribution in [0.4, 0.5) is 0 Å². The third-order valence-corrected chi connectivity index (χ3v) is 2.07. The van der Waals surface area contributed by atoms with Crippen molar-refractivity contribution in [2.45, 2.75) is 6.54 Å². The molecule has 2 aromatic rings. The van der Waals surface area contributed by atoms with Crippen molar-refractivity contribution in [2.75, 3.05) is 0 Å². The minimum Gasteiger partial charge on any atom is -0.480 e. The van der Waals surface area contributed by atoms with Crippen LogP contribution in [0.5, 0.6) is 0 Å². The third kappa shape index (κ3) is 2.01. The predicted octanol–water partition coefficient (Wildman–Crippen LogP) is 1.51. The Kier molecular flexibility index (Phi) is 2.45. The van der Waals surface area contributed by atoms with Crippen molar-refractivity contribution < 1.29 is 9.90 Å². The van der Waals surface area contributed by atoms with Crippen LogP contribution in [0.15, 0.2) is 36.5 Å². The van der Waals surface area contributed by atoms with Gasteiger partial charge in [0.2, 0.25) is 0 Å². The standard InChI is InChI=1S/C10H11N3O2/c14-10(15)7-13-9-4-2-1-3-8(9)5-6-11-12-13/h1-6,11-12H,7H2,(H,14,15). The summed E-state index contributed by atoms with van der Waals surface area (Å²) in [5.41, 5.74) is 0.834. The van der Waals surface area contributed by atoms with Crippen LogP contribution in [-0.4, -0.2) is 26.1 Å². The Balaban J connectivity index is 2.68. The van der Waals surface area contributed by atoms with Crippen molar-refractivity contribution in [1.82, 2.24) is 15.0 Å². The lowest BCUT2D eigenvalue weighted by Crippen LogP contribution is -2.12. The molecule has 0 bridgehead atoms. The van der Waals surface area contributed by atoms with Gasteiger partial charge >= 0.3 is 5.97 Å². The monoisotopic (exact) mass is 205 g/mol. The maximum Gasteiger partial charge on any atom is 0.325 e. The Labute approximate surface area is 85.6 Å². The van der Waals surface area contributed by atoms with E-state index in [1.165, 1.54) is 4.68 Å². The van der Waals surface area contributed by atoms with Crippen LogP contribution in [0.25, 0.3) is 10.9 Å². The molecule has 1 heterocycles. The van der Waals surface area contributed by atoms with E-state index in [0.717, 1.165) is 10.9 Å². The molecule has 3 N–H and O–H groups in total. The van der Waals surface area contributed by atoms with Crippen molar-refractivity contribution in [2.24, 2.45) is 0 Å². The molecule has 78 valence electrons. The summed E-state index contributed by atoms with van der Waals surface area (Å²) in [5, 5.41) is 15.3. The first kappa shape index (κ1) is 9.39. The van der Waals surface area contributed by atoms with Gasteiger partial charge in [-0.05, 0) is 12.1 Å². The number of H-pyrrole nitrogens is 2. The number of carboxylic acids is 1. The molecule has 2 rings (SSSR count). The van der Waals surface area contributed by atoms with Gasteiger partial charge in [-0.25, -0.2) is 5.21 Å². The molecule has 0 spiro atoms. The Morgan fingerprint density at radius 2 is 2.13 bits per heavy atom. The molecule has 15 heavy (non-hydrogen) atoms. The van der Waals surface area contributed by atoms with Gasteiger partial charge in [-0.3, -0.25) is 14.6 Å². The second kappa shape index (κ2) is 3.91. The summed E-state index contributed by atoms with van der Waals surface area (Å²) in [4.78, 5) is 10.7. The van der Waals surface area contributed by atoms with Gasteiger partial charge < -0.3 is 5.11 Å². The smallest absolute Gasteiger partial charge is 0.325 e. The fourth-order valence-corrected chi connectivity index (χ4v) is 1.44. The highest BCUT2D eigenvalue weighted by Crippen LogP contribution is 2.09. The summed E-state index contributed by atoms with van der Waals surface area (Å²) in [5.74, 6) is -0.888. The summed E-state index contributed by atoms with van der Waals surface area (Å²) < 4.78 is 1.54. The van der Waals surface area contributed by atoms with Crippen molar-refractivity contribution in [1.29, 1.82) is 0 Å². The summed E-state index contributed by atoms with van der Waals surface area (Å²) in [6.45, 7) is -0.105. The number of hydrogen-bond donors (Lipinski definition) is 3. The molecule has 0 saturated heterocycles. The van der Waals surface area contributed by atoms with Gasteiger partial charge in [-0.1, -0.05) is 18.2 Å². The van der Waals surface area contributed by atoms with Gasteiger partial charge in [0.25, 0.3) is 0 Å². The zero-order chi connectivity index (χ0) is 10.7. The van der Waals surface area contributed by atoms with E-state index in [1.54, 1.807) is 6.20 Å². The molecule has 0 atom stereocenters. The SMILES string of the molecule is O=C(O)Cn1[nH][nH]ccc2ccccc21. The fraction of sp³-hybridized carbons (Fsp3) is 0.100. The summed E-state index contributed by atoms with van der Waals surface area (Å²) in [6, 6.07) is 9.45. The Morgan fingerprint density at radius 1 is 1.33 bits per heavy atom. The second-order valence-electron chi connectivity index (χ2n) is 3.13. The largest absolute Gasteiger partial charge is 0.480 e. The van der Waals surface area contributed by atoms with Crippen LogP contribution in [0.3, 0.4) is 0 Å². The maximum absolute atomic E-state index is 10.7. The molecule has 0 radical (unpaired) electrons. The number of fused-ring (bicyclic) bond motifs is 1. The lowest BCUT2D eigenvalue weighted by Gasteiger charge is -2.03. The first-order chi connectivity index (χ1) is 7.27. The van der Waals surface area contributed by atoms with Crippen molar-refractivity contribution in [3.63, 3.8) is 0 Å². The topological polar surface area (TPSA) is 73.8 Å². The molecule has 0 aliphatic carbocycles. The highest BCUT2D eigenvalue weighted by molar-refractivity contribution is 5.79. The Bertz CT molecular complexity index is 519. The third-order valence-electron chi connectivity index (χ3n) is 2.07. The zero-order valence-electron chi connectivity index (χ0n) is 7.97. The quantitative estimate of drug-likeness (QED) is 0.695. The van der Waals surface area contributed by atoms with Crippen LogP contribution in [-0.2, 0) is 11.3 Å². The van der Waals surface area contributed by atoms with Gasteiger partial charge in [-0.2, -0.15) is 0 Å². The van der Waals surface area contributed by atoms with Gasteiger partial charge in [0.05, 0.1) is 5.52 Å². The van der Waals surface area contributed by atoms with Crippen LogP contribution in [0, 0.1) is 0 Å².